The summed E-state index contributed by atoms with van der Waals surface area (Å²) in [4.78, 5) is 2.15. The molecule has 0 bridgehead atoms. The monoisotopic (exact) mass is 328 g/mol. The Kier molecular flexibility index (Phi) is 6.14. The Bertz CT molecular complexity index is 677. The van der Waals surface area contributed by atoms with Crippen molar-refractivity contribution >= 4 is 35.7 Å². The summed E-state index contributed by atoms with van der Waals surface area (Å²) in [6.07, 6.45) is 5.31. The van der Waals surface area contributed by atoms with Gasteiger partial charge in [0.05, 0.1) is 23.9 Å². The van der Waals surface area contributed by atoms with Gasteiger partial charge >= 0.3 is 0 Å². The van der Waals surface area contributed by atoms with Crippen LogP contribution in [0.4, 0.5) is 0 Å². The molecule has 2 aromatic heterocycles. The van der Waals surface area contributed by atoms with Crippen LogP contribution in [0.3, 0.4) is 0 Å². The fraction of sp³-hybridized carbons (Fsp3) is 0.308. The van der Waals surface area contributed by atoms with E-state index >= 15 is 0 Å². The number of likely N-dealkylation sites (N-methyl/N-ethyl adjacent to an activating group) is 1. The molecule has 0 aliphatic rings. The van der Waals surface area contributed by atoms with Crippen molar-refractivity contribution in [1.82, 2.24) is 29.4 Å². The van der Waals surface area contributed by atoms with Gasteiger partial charge in [0.2, 0.25) is 0 Å². The van der Waals surface area contributed by atoms with Gasteiger partial charge in [0.25, 0.3) is 0 Å². The van der Waals surface area contributed by atoms with Crippen molar-refractivity contribution in [2.45, 2.75) is 6.54 Å². The zero-order chi connectivity index (χ0) is 13.2. The summed E-state index contributed by atoms with van der Waals surface area (Å²) in [7, 11) is 4.12. The first-order chi connectivity index (χ1) is 9.25. The number of hydrogen-bond acceptors (Lipinski definition) is 4. The van der Waals surface area contributed by atoms with Crippen molar-refractivity contribution in [1.29, 1.82) is 0 Å². The zero-order valence-electron chi connectivity index (χ0n) is 11.9. The van der Waals surface area contributed by atoms with Gasteiger partial charge in [-0.3, -0.25) is 9.25 Å². The van der Waals surface area contributed by atoms with E-state index in [-0.39, 0.29) is 24.8 Å². The molecule has 0 N–H and O–H groups in total. The lowest BCUT2D eigenvalue weighted by Crippen LogP contribution is -2.19. The maximum Gasteiger partial charge on any atom is 0.123 e. The minimum absolute atomic E-state index is 0. The minimum Gasteiger partial charge on any atom is -0.308 e. The van der Waals surface area contributed by atoms with E-state index in [1.54, 1.807) is 12.7 Å². The fourth-order valence-corrected chi connectivity index (χ4v) is 2.12. The Labute approximate surface area is 135 Å². The average molecular weight is 329 g/mol. The second kappa shape index (κ2) is 7.40. The third-order valence-electron chi connectivity index (χ3n) is 3.10. The highest BCUT2D eigenvalue weighted by molar-refractivity contribution is 5.86. The average Bonchev–Trinajstić information content (AvgIpc) is 3.05. The van der Waals surface area contributed by atoms with E-state index in [1.165, 1.54) is 0 Å². The van der Waals surface area contributed by atoms with Gasteiger partial charge < -0.3 is 4.90 Å². The van der Waals surface area contributed by atoms with Gasteiger partial charge in [-0.1, -0.05) is 12.1 Å². The fourth-order valence-electron chi connectivity index (χ4n) is 2.12. The van der Waals surface area contributed by atoms with E-state index in [0.717, 1.165) is 29.7 Å². The number of para-hydroxylation sites is 1. The quantitative estimate of drug-likeness (QED) is 0.735. The largest absolute Gasteiger partial charge is 0.308 e. The van der Waals surface area contributed by atoms with Crippen molar-refractivity contribution in [3.63, 3.8) is 0 Å². The lowest BCUT2D eigenvalue weighted by molar-refractivity contribution is 0.377. The van der Waals surface area contributed by atoms with Crippen LogP contribution in [0.5, 0.6) is 0 Å². The highest BCUT2D eigenvalue weighted by atomic mass is 35.5. The summed E-state index contributed by atoms with van der Waals surface area (Å²) in [5.74, 6) is 0. The van der Waals surface area contributed by atoms with Gasteiger partial charge in [-0.15, -0.1) is 35.0 Å². The van der Waals surface area contributed by atoms with E-state index in [1.807, 2.05) is 21.5 Å². The number of hydrogen-bond donors (Lipinski definition) is 0. The SMILES string of the molecule is CN(C)CCn1ncc2cccc(-n3cnnc3)c21.Cl.Cl. The molecule has 0 amide bonds. The molecule has 6 nitrogen and oxygen atoms in total. The van der Waals surface area contributed by atoms with Gasteiger partial charge in [-0.05, 0) is 20.2 Å². The predicted octanol–water partition coefficient (Wildman–Crippen LogP) is 2.02. The first-order valence-electron chi connectivity index (χ1n) is 6.20. The molecule has 8 heteroatoms. The zero-order valence-corrected chi connectivity index (χ0v) is 13.5. The Morgan fingerprint density at radius 3 is 2.48 bits per heavy atom. The molecule has 2 heterocycles. The molecule has 3 aromatic rings. The molecule has 21 heavy (non-hydrogen) atoms. The van der Waals surface area contributed by atoms with Crippen molar-refractivity contribution < 1.29 is 0 Å². The Hall–Kier alpha value is -1.63. The van der Waals surface area contributed by atoms with E-state index in [4.69, 9.17) is 0 Å². The van der Waals surface area contributed by atoms with Crippen LogP contribution in [-0.4, -0.2) is 50.1 Å². The molecule has 0 aliphatic carbocycles. The molecule has 0 spiro atoms. The first-order valence-corrected chi connectivity index (χ1v) is 6.20. The molecular formula is C13H18Cl2N6. The summed E-state index contributed by atoms with van der Waals surface area (Å²) in [6, 6.07) is 6.15. The summed E-state index contributed by atoms with van der Waals surface area (Å²) in [6.45, 7) is 1.81. The van der Waals surface area contributed by atoms with Crippen LogP contribution in [0, 0.1) is 0 Å². The maximum atomic E-state index is 4.47. The van der Waals surface area contributed by atoms with E-state index in [9.17, 15) is 0 Å². The molecule has 0 saturated carbocycles. The van der Waals surface area contributed by atoms with E-state index in [2.05, 4.69) is 46.4 Å². The molecule has 0 saturated heterocycles. The van der Waals surface area contributed by atoms with Gasteiger partial charge in [-0.2, -0.15) is 5.10 Å². The highest BCUT2D eigenvalue weighted by Crippen LogP contribution is 2.21. The lowest BCUT2D eigenvalue weighted by Gasteiger charge is -2.12. The molecule has 0 fully saturated rings. The van der Waals surface area contributed by atoms with Gasteiger partial charge in [0.1, 0.15) is 12.7 Å². The van der Waals surface area contributed by atoms with Crippen LogP contribution < -0.4 is 0 Å². The van der Waals surface area contributed by atoms with Crippen LogP contribution >= 0.6 is 24.8 Å². The highest BCUT2D eigenvalue weighted by Gasteiger charge is 2.09. The number of fused-ring (bicyclic) bond motifs is 1. The van der Waals surface area contributed by atoms with Crippen molar-refractivity contribution in [3.8, 4) is 5.69 Å². The van der Waals surface area contributed by atoms with Crippen molar-refractivity contribution in [2.24, 2.45) is 0 Å². The van der Waals surface area contributed by atoms with Crippen LogP contribution in [0.1, 0.15) is 0 Å². The smallest absolute Gasteiger partial charge is 0.123 e. The summed E-state index contributed by atoms with van der Waals surface area (Å²) in [5.41, 5.74) is 2.17. The van der Waals surface area contributed by atoms with Crippen LogP contribution in [0.15, 0.2) is 37.1 Å². The first kappa shape index (κ1) is 17.4. The third-order valence-corrected chi connectivity index (χ3v) is 3.10. The summed E-state index contributed by atoms with van der Waals surface area (Å²) < 4.78 is 3.95. The summed E-state index contributed by atoms with van der Waals surface area (Å²) in [5, 5.41) is 13.3. The molecule has 114 valence electrons. The molecule has 1 aromatic carbocycles. The molecule has 0 atom stereocenters. The van der Waals surface area contributed by atoms with Crippen LogP contribution in [0.2, 0.25) is 0 Å². The van der Waals surface area contributed by atoms with Crippen LogP contribution in [0.25, 0.3) is 16.6 Å². The number of aromatic nitrogens is 5. The Morgan fingerprint density at radius 2 is 1.81 bits per heavy atom. The number of benzene rings is 1. The number of halogens is 2. The predicted molar refractivity (Wildman–Crippen MR) is 87.7 cm³/mol. The van der Waals surface area contributed by atoms with Crippen molar-refractivity contribution in [3.05, 3.63) is 37.1 Å². The van der Waals surface area contributed by atoms with Gasteiger partial charge in [0.15, 0.2) is 0 Å². The molecule has 0 aliphatic heterocycles. The molecule has 3 rings (SSSR count). The van der Waals surface area contributed by atoms with E-state index in [0.29, 0.717) is 0 Å². The Balaban J connectivity index is 0.00000110. The number of nitrogens with zero attached hydrogens (tertiary/aromatic N) is 6. The molecular weight excluding hydrogens is 311 g/mol. The normalized spacial score (nSPS) is 10.4. The summed E-state index contributed by atoms with van der Waals surface area (Å²) >= 11 is 0. The Morgan fingerprint density at radius 1 is 1.10 bits per heavy atom. The third kappa shape index (κ3) is 3.53. The second-order valence-electron chi connectivity index (χ2n) is 4.76. The van der Waals surface area contributed by atoms with Gasteiger partial charge in [0, 0.05) is 11.9 Å². The lowest BCUT2D eigenvalue weighted by atomic mass is 10.2. The van der Waals surface area contributed by atoms with Crippen molar-refractivity contribution in [2.75, 3.05) is 20.6 Å². The topological polar surface area (TPSA) is 51.8 Å². The minimum atomic E-state index is 0. The maximum absolute atomic E-state index is 4.47. The standard InChI is InChI=1S/C13H16N6.2ClH/c1-17(2)6-7-19-13-11(8-16-19)4-3-5-12(13)18-9-14-15-10-18;;/h3-5,8-10H,6-7H2,1-2H3;2*1H. The number of rotatable bonds is 4. The van der Waals surface area contributed by atoms with Crippen LogP contribution in [-0.2, 0) is 6.54 Å². The molecule has 0 radical (unpaired) electrons. The molecule has 0 unspecified atom stereocenters. The van der Waals surface area contributed by atoms with Gasteiger partial charge in [-0.25, -0.2) is 0 Å². The van der Waals surface area contributed by atoms with E-state index < -0.39 is 0 Å². The second-order valence-corrected chi connectivity index (χ2v) is 4.76.